The Morgan fingerprint density at radius 2 is 1.94 bits per heavy atom. The SMILES string of the molecule is Cc1n[nH]c(C)c1CCCOc1ccc(Cl)cc1. The van der Waals surface area contributed by atoms with Gasteiger partial charge in [-0.15, -0.1) is 0 Å². The van der Waals surface area contributed by atoms with Gasteiger partial charge in [-0.1, -0.05) is 11.6 Å². The van der Waals surface area contributed by atoms with Gasteiger partial charge in [0.1, 0.15) is 5.75 Å². The molecule has 0 bridgehead atoms. The monoisotopic (exact) mass is 264 g/mol. The molecule has 0 atom stereocenters. The van der Waals surface area contributed by atoms with Gasteiger partial charge in [-0.2, -0.15) is 5.10 Å². The molecule has 0 unspecified atom stereocenters. The summed E-state index contributed by atoms with van der Waals surface area (Å²) in [4.78, 5) is 0. The molecule has 0 aliphatic heterocycles. The molecule has 3 nitrogen and oxygen atoms in total. The third kappa shape index (κ3) is 3.26. The molecule has 96 valence electrons. The van der Waals surface area contributed by atoms with Gasteiger partial charge in [-0.05, 0) is 56.5 Å². The normalized spacial score (nSPS) is 10.6. The quantitative estimate of drug-likeness (QED) is 0.837. The Labute approximate surface area is 112 Å². The largest absolute Gasteiger partial charge is 0.494 e. The Morgan fingerprint density at radius 1 is 1.22 bits per heavy atom. The average Bonchev–Trinajstić information content (AvgIpc) is 2.68. The van der Waals surface area contributed by atoms with Crippen molar-refractivity contribution in [1.82, 2.24) is 10.2 Å². The van der Waals surface area contributed by atoms with Gasteiger partial charge >= 0.3 is 0 Å². The Balaban J connectivity index is 1.78. The third-order valence-electron chi connectivity index (χ3n) is 2.93. The highest BCUT2D eigenvalue weighted by molar-refractivity contribution is 6.30. The molecule has 0 aliphatic carbocycles. The zero-order valence-corrected chi connectivity index (χ0v) is 11.4. The minimum atomic E-state index is 0.700. The van der Waals surface area contributed by atoms with Crippen LogP contribution in [0.5, 0.6) is 5.75 Å². The fourth-order valence-electron chi connectivity index (χ4n) is 1.91. The molecule has 2 rings (SSSR count). The molecule has 18 heavy (non-hydrogen) atoms. The highest BCUT2D eigenvalue weighted by Gasteiger charge is 2.05. The van der Waals surface area contributed by atoms with Crippen LogP contribution in [-0.2, 0) is 6.42 Å². The second kappa shape index (κ2) is 5.91. The van der Waals surface area contributed by atoms with Crippen molar-refractivity contribution in [1.29, 1.82) is 0 Å². The van der Waals surface area contributed by atoms with E-state index in [2.05, 4.69) is 17.1 Å². The van der Waals surface area contributed by atoms with E-state index in [9.17, 15) is 0 Å². The zero-order chi connectivity index (χ0) is 13.0. The second-order valence-corrected chi connectivity index (χ2v) is 4.75. The highest BCUT2D eigenvalue weighted by atomic mass is 35.5. The summed E-state index contributed by atoms with van der Waals surface area (Å²) in [6.45, 7) is 4.78. The minimum Gasteiger partial charge on any atom is -0.494 e. The fourth-order valence-corrected chi connectivity index (χ4v) is 2.04. The summed E-state index contributed by atoms with van der Waals surface area (Å²) < 4.78 is 5.65. The van der Waals surface area contributed by atoms with Crippen molar-refractivity contribution in [2.24, 2.45) is 0 Å². The number of ether oxygens (including phenoxy) is 1. The topological polar surface area (TPSA) is 37.9 Å². The maximum atomic E-state index is 5.81. The first-order valence-electron chi connectivity index (χ1n) is 6.05. The van der Waals surface area contributed by atoms with E-state index in [1.165, 1.54) is 5.56 Å². The van der Waals surface area contributed by atoms with Gasteiger partial charge in [0.25, 0.3) is 0 Å². The number of aryl methyl sites for hydroxylation is 2. The lowest BCUT2D eigenvalue weighted by atomic mass is 10.1. The number of H-pyrrole nitrogens is 1. The Kier molecular flexibility index (Phi) is 4.26. The van der Waals surface area contributed by atoms with E-state index in [4.69, 9.17) is 16.3 Å². The molecule has 0 fully saturated rings. The van der Waals surface area contributed by atoms with Gasteiger partial charge in [-0.3, -0.25) is 5.10 Å². The van der Waals surface area contributed by atoms with Crippen LogP contribution in [0, 0.1) is 13.8 Å². The van der Waals surface area contributed by atoms with Crippen LogP contribution in [0.2, 0.25) is 5.02 Å². The van der Waals surface area contributed by atoms with Gasteiger partial charge in [0, 0.05) is 10.7 Å². The smallest absolute Gasteiger partial charge is 0.119 e. The number of hydrogen-bond acceptors (Lipinski definition) is 2. The van der Waals surface area contributed by atoms with Gasteiger partial charge < -0.3 is 4.74 Å². The standard InChI is InChI=1S/C14H17ClN2O/c1-10-14(11(2)17-16-10)4-3-9-18-13-7-5-12(15)6-8-13/h5-8H,3-4,9H2,1-2H3,(H,16,17). The van der Waals surface area contributed by atoms with Crippen molar-refractivity contribution in [3.63, 3.8) is 0 Å². The molecule has 0 aliphatic rings. The van der Waals surface area contributed by atoms with E-state index in [1.54, 1.807) is 0 Å². The molecular formula is C14H17ClN2O. The lowest BCUT2D eigenvalue weighted by Gasteiger charge is -2.06. The summed E-state index contributed by atoms with van der Waals surface area (Å²) >= 11 is 5.81. The maximum Gasteiger partial charge on any atom is 0.119 e. The first kappa shape index (κ1) is 13.0. The Hall–Kier alpha value is -1.48. The van der Waals surface area contributed by atoms with Crippen LogP contribution in [0.15, 0.2) is 24.3 Å². The van der Waals surface area contributed by atoms with E-state index in [-0.39, 0.29) is 0 Å². The molecule has 1 aromatic heterocycles. The molecule has 1 N–H and O–H groups in total. The van der Waals surface area contributed by atoms with Gasteiger partial charge in [0.2, 0.25) is 0 Å². The van der Waals surface area contributed by atoms with Crippen molar-refractivity contribution >= 4 is 11.6 Å². The van der Waals surface area contributed by atoms with E-state index in [1.807, 2.05) is 31.2 Å². The lowest BCUT2D eigenvalue weighted by molar-refractivity contribution is 0.311. The van der Waals surface area contributed by atoms with Crippen molar-refractivity contribution in [2.75, 3.05) is 6.61 Å². The van der Waals surface area contributed by atoms with Crippen LogP contribution in [0.4, 0.5) is 0 Å². The number of benzene rings is 1. The summed E-state index contributed by atoms with van der Waals surface area (Å²) in [5.74, 6) is 0.861. The number of nitrogens with one attached hydrogen (secondary N) is 1. The van der Waals surface area contributed by atoms with Crippen LogP contribution in [0.1, 0.15) is 23.4 Å². The van der Waals surface area contributed by atoms with E-state index >= 15 is 0 Å². The molecule has 4 heteroatoms. The van der Waals surface area contributed by atoms with Gasteiger partial charge in [0.05, 0.1) is 12.3 Å². The molecule has 0 amide bonds. The summed E-state index contributed by atoms with van der Waals surface area (Å²) in [5.41, 5.74) is 3.53. The number of rotatable bonds is 5. The van der Waals surface area contributed by atoms with Crippen LogP contribution in [-0.4, -0.2) is 16.8 Å². The van der Waals surface area contributed by atoms with Crippen LogP contribution in [0.25, 0.3) is 0 Å². The minimum absolute atomic E-state index is 0.700. The van der Waals surface area contributed by atoms with E-state index in [0.29, 0.717) is 6.61 Å². The van der Waals surface area contributed by atoms with Crippen LogP contribution in [0.3, 0.4) is 0 Å². The number of aromatic amines is 1. The molecule has 0 saturated heterocycles. The van der Waals surface area contributed by atoms with Crippen molar-refractivity contribution in [3.05, 3.63) is 46.2 Å². The molecular weight excluding hydrogens is 248 g/mol. The molecule has 1 heterocycles. The Morgan fingerprint density at radius 3 is 2.56 bits per heavy atom. The average molecular weight is 265 g/mol. The van der Waals surface area contributed by atoms with E-state index in [0.717, 1.165) is 35.0 Å². The maximum absolute atomic E-state index is 5.81. The fraction of sp³-hybridized carbons (Fsp3) is 0.357. The molecule has 0 radical (unpaired) electrons. The van der Waals surface area contributed by atoms with Crippen molar-refractivity contribution < 1.29 is 4.74 Å². The number of aromatic nitrogens is 2. The zero-order valence-electron chi connectivity index (χ0n) is 10.7. The highest BCUT2D eigenvalue weighted by Crippen LogP contribution is 2.16. The lowest BCUT2D eigenvalue weighted by Crippen LogP contribution is -2.00. The van der Waals surface area contributed by atoms with Gasteiger partial charge in [-0.25, -0.2) is 0 Å². The van der Waals surface area contributed by atoms with Crippen LogP contribution < -0.4 is 4.74 Å². The predicted octanol–water partition coefficient (Wildman–Crippen LogP) is 3.69. The predicted molar refractivity (Wildman–Crippen MR) is 73.3 cm³/mol. The molecule has 0 spiro atoms. The molecule has 2 aromatic rings. The number of nitrogens with zero attached hydrogens (tertiary/aromatic N) is 1. The third-order valence-corrected chi connectivity index (χ3v) is 3.19. The van der Waals surface area contributed by atoms with Crippen molar-refractivity contribution in [3.8, 4) is 5.75 Å². The van der Waals surface area contributed by atoms with E-state index < -0.39 is 0 Å². The molecule has 0 saturated carbocycles. The number of halogens is 1. The molecule has 1 aromatic carbocycles. The van der Waals surface area contributed by atoms with Crippen molar-refractivity contribution in [2.45, 2.75) is 26.7 Å². The van der Waals surface area contributed by atoms with Crippen LogP contribution >= 0.6 is 11.6 Å². The summed E-state index contributed by atoms with van der Waals surface area (Å²) in [7, 11) is 0. The van der Waals surface area contributed by atoms with Gasteiger partial charge in [0.15, 0.2) is 0 Å². The first-order valence-corrected chi connectivity index (χ1v) is 6.43. The second-order valence-electron chi connectivity index (χ2n) is 4.32. The Bertz CT molecular complexity index is 486. The summed E-state index contributed by atoms with van der Waals surface area (Å²) in [6.07, 6.45) is 1.96. The summed E-state index contributed by atoms with van der Waals surface area (Å²) in [5, 5.41) is 7.91. The first-order chi connectivity index (χ1) is 8.66. The number of hydrogen-bond donors (Lipinski definition) is 1. The summed E-state index contributed by atoms with van der Waals surface area (Å²) in [6, 6.07) is 7.44.